The van der Waals surface area contributed by atoms with Gasteiger partial charge in [-0.2, -0.15) is 11.8 Å². The summed E-state index contributed by atoms with van der Waals surface area (Å²) < 4.78 is 13.1. The summed E-state index contributed by atoms with van der Waals surface area (Å²) in [6, 6.07) is 3.81. The van der Waals surface area contributed by atoms with E-state index in [1.807, 2.05) is 0 Å². The van der Waals surface area contributed by atoms with E-state index in [-0.39, 0.29) is 5.02 Å². The zero-order valence-corrected chi connectivity index (χ0v) is 10.6. The van der Waals surface area contributed by atoms with Gasteiger partial charge in [0.05, 0.1) is 5.02 Å². The van der Waals surface area contributed by atoms with Crippen LogP contribution in [0, 0.1) is 5.82 Å². The number of hydrogen-bond acceptors (Lipinski definition) is 3. The number of carboxylic acid groups (broad SMARTS) is 1. The van der Waals surface area contributed by atoms with E-state index in [1.54, 1.807) is 6.07 Å². The molecule has 0 spiro atoms. The fraction of sp³-hybridized carbons (Fsp3) is 0.364. The third-order valence-electron chi connectivity index (χ3n) is 2.14. The lowest BCUT2D eigenvalue weighted by atomic mass is 10.2. The van der Waals surface area contributed by atoms with Crippen molar-refractivity contribution in [1.82, 2.24) is 0 Å². The second kappa shape index (κ2) is 6.83. The topological polar surface area (TPSA) is 63.3 Å². The number of rotatable bonds is 6. The summed E-state index contributed by atoms with van der Waals surface area (Å²) in [5, 5.41) is 8.67. The molecule has 1 unspecified atom stereocenters. The molecule has 3 nitrogen and oxygen atoms in total. The SMILES string of the molecule is NC(CCSCc1ccc(Cl)c(F)c1)C(=O)O. The Hall–Kier alpha value is -0.780. The van der Waals surface area contributed by atoms with E-state index in [0.29, 0.717) is 17.9 Å². The summed E-state index contributed by atoms with van der Waals surface area (Å²) in [5.74, 6) is -0.201. The highest BCUT2D eigenvalue weighted by molar-refractivity contribution is 7.98. The second-order valence-corrected chi connectivity index (χ2v) is 5.05. The van der Waals surface area contributed by atoms with Gasteiger partial charge in [-0.15, -0.1) is 0 Å². The highest BCUT2D eigenvalue weighted by atomic mass is 35.5. The van der Waals surface area contributed by atoms with Crippen LogP contribution in [0.3, 0.4) is 0 Å². The molecule has 17 heavy (non-hydrogen) atoms. The van der Waals surface area contributed by atoms with E-state index in [9.17, 15) is 9.18 Å². The first-order chi connectivity index (χ1) is 8.00. The summed E-state index contributed by atoms with van der Waals surface area (Å²) in [4.78, 5) is 10.4. The number of nitrogens with two attached hydrogens (primary N) is 1. The van der Waals surface area contributed by atoms with Crippen molar-refractivity contribution in [2.45, 2.75) is 18.2 Å². The maximum atomic E-state index is 13.1. The van der Waals surface area contributed by atoms with Crippen LogP contribution >= 0.6 is 23.4 Å². The van der Waals surface area contributed by atoms with Gasteiger partial charge in [0, 0.05) is 5.75 Å². The molecule has 1 atom stereocenters. The van der Waals surface area contributed by atoms with Crippen molar-refractivity contribution in [3.63, 3.8) is 0 Å². The molecule has 0 heterocycles. The van der Waals surface area contributed by atoms with Crippen LogP contribution in [-0.4, -0.2) is 22.9 Å². The number of benzene rings is 1. The molecule has 0 fully saturated rings. The quantitative estimate of drug-likeness (QED) is 0.784. The minimum atomic E-state index is -0.997. The largest absolute Gasteiger partial charge is 0.480 e. The second-order valence-electron chi connectivity index (χ2n) is 3.53. The first-order valence-electron chi connectivity index (χ1n) is 5.00. The van der Waals surface area contributed by atoms with Gasteiger partial charge in [0.15, 0.2) is 0 Å². The fourth-order valence-electron chi connectivity index (χ4n) is 1.15. The third kappa shape index (κ3) is 4.93. The van der Waals surface area contributed by atoms with E-state index in [1.165, 1.54) is 23.9 Å². The number of hydrogen-bond donors (Lipinski definition) is 2. The molecule has 0 aromatic heterocycles. The van der Waals surface area contributed by atoms with Crippen LogP contribution < -0.4 is 5.73 Å². The van der Waals surface area contributed by atoms with Crippen molar-refractivity contribution >= 4 is 29.3 Å². The van der Waals surface area contributed by atoms with Gasteiger partial charge < -0.3 is 10.8 Å². The van der Waals surface area contributed by atoms with Crippen LogP contribution in [0.4, 0.5) is 4.39 Å². The Morgan fingerprint density at radius 3 is 2.88 bits per heavy atom. The lowest BCUT2D eigenvalue weighted by Gasteiger charge is -2.06. The maximum absolute atomic E-state index is 13.1. The molecule has 0 aliphatic carbocycles. The van der Waals surface area contributed by atoms with Crippen molar-refractivity contribution in [2.24, 2.45) is 5.73 Å². The molecule has 0 saturated carbocycles. The summed E-state index contributed by atoms with van der Waals surface area (Å²) >= 11 is 7.07. The van der Waals surface area contributed by atoms with Gasteiger partial charge in [-0.3, -0.25) is 4.79 Å². The molecular weight excluding hydrogens is 265 g/mol. The van der Waals surface area contributed by atoms with Crippen LogP contribution in [0.2, 0.25) is 5.02 Å². The van der Waals surface area contributed by atoms with Crippen molar-refractivity contribution in [2.75, 3.05) is 5.75 Å². The van der Waals surface area contributed by atoms with Crippen molar-refractivity contribution in [3.05, 3.63) is 34.6 Å². The molecule has 1 rings (SSSR count). The third-order valence-corrected chi connectivity index (χ3v) is 3.51. The van der Waals surface area contributed by atoms with E-state index < -0.39 is 17.8 Å². The lowest BCUT2D eigenvalue weighted by molar-refractivity contribution is -0.138. The van der Waals surface area contributed by atoms with Gasteiger partial charge in [-0.1, -0.05) is 17.7 Å². The normalized spacial score (nSPS) is 12.4. The highest BCUT2D eigenvalue weighted by Crippen LogP contribution is 2.19. The molecule has 0 amide bonds. The van der Waals surface area contributed by atoms with E-state index >= 15 is 0 Å². The summed E-state index contributed by atoms with van der Waals surface area (Å²) in [6.07, 6.45) is 0.399. The zero-order chi connectivity index (χ0) is 12.8. The Labute approximate surface area is 108 Å². The zero-order valence-electron chi connectivity index (χ0n) is 9.03. The molecule has 1 aromatic carbocycles. The number of carboxylic acids is 1. The van der Waals surface area contributed by atoms with Crippen LogP contribution in [-0.2, 0) is 10.5 Å². The number of halogens is 2. The average molecular weight is 278 g/mol. The monoisotopic (exact) mass is 277 g/mol. The Bertz CT molecular complexity index is 403. The number of thioether (sulfide) groups is 1. The summed E-state index contributed by atoms with van der Waals surface area (Å²) in [6.45, 7) is 0. The van der Waals surface area contributed by atoms with Crippen molar-refractivity contribution in [1.29, 1.82) is 0 Å². The molecule has 1 aromatic rings. The minimum absolute atomic E-state index is 0.103. The van der Waals surface area contributed by atoms with E-state index in [4.69, 9.17) is 22.4 Å². The van der Waals surface area contributed by atoms with E-state index in [0.717, 1.165) is 5.56 Å². The Kier molecular flexibility index (Phi) is 5.74. The van der Waals surface area contributed by atoms with Crippen molar-refractivity contribution in [3.8, 4) is 0 Å². The first-order valence-corrected chi connectivity index (χ1v) is 6.54. The van der Waals surface area contributed by atoms with E-state index in [2.05, 4.69) is 0 Å². The van der Waals surface area contributed by atoms with Gasteiger partial charge in [-0.25, -0.2) is 4.39 Å². The average Bonchev–Trinajstić information content (AvgIpc) is 2.28. The summed E-state index contributed by atoms with van der Waals surface area (Å²) in [5.41, 5.74) is 6.17. The van der Waals surface area contributed by atoms with Crippen LogP contribution in [0.5, 0.6) is 0 Å². The van der Waals surface area contributed by atoms with Crippen LogP contribution in [0.15, 0.2) is 18.2 Å². The molecule has 0 aliphatic heterocycles. The Balaban J connectivity index is 2.31. The molecule has 0 bridgehead atoms. The number of carbonyl (C=O) groups is 1. The Morgan fingerprint density at radius 2 is 2.29 bits per heavy atom. The molecule has 6 heteroatoms. The van der Waals surface area contributed by atoms with Gasteiger partial charge in [-0.05, 0) is 29.9 Å². The predicted octanol–water partition coefficient (Wildman–Crippen LogP) is 2.51. The van der Waals surface area contributed by atoms with Gasteiger partial charge in [0.2, 0.25) is 0 Å². The fourth-order valence-corrected chi connectivity index (χ4v) is 2.25. The molecule has 0 aliphatic rings. The highest BCUT2D eigenvalue weighted by Gasteiger charge is 2.10. The van der Waals surface area contributed by atoms with Gasteiger partial charge >= 0.3 is 5.97 Å². The number of aliphatic carboxylic acids is 1. The van der Waals surface area contributed by atoms with Gasteiger partial charge in [0.1, 0.15) is 11.9 Å². The molecule has 3 N–H and O–H groups in total. The molecule has 0 saturated heterocycles. The van der Waals surface area contributed by atoms with Crippen LogP contribution in [0.1, 0.15) is 12.0 Å². The van der Waals surface area contributed by atoms with Gasteiger partial charge in [0.25, 0.3) is 0 Å². The summed E-state index contributed by atoms with van der Waals surface area (Å²) in [7, 11) is 0. The first kappa shape index (κ1) is 14.3. The predicted molar refractivity (Wildman–Crippen MR) is 67.8 cm³/mol. The molecule has 0 radical (unpaired) electrons. The maximum Gasteiger partial charge on any atom is 0.320 e. The standard InChI is InChI=1S/C11H13ClFNO2S/c12-8-2-1-7(5-9(8)13)6-17-4-3-10(14)11(15)16/h1-2,5,10H,3-4,6,14H2,(H,15,16). The van der Waals surface area contributed by atoms with Crippen LogP contribution in [0.25, 0.3) is 0 Å². The van der Waals surface area contributed by atoms with Crippen molar-refractivity contribution < 1.29 is 14.3 Å². The molecular formula is C11H13ClFNO2S. The Morgan fingerprint density at radius 1 is 1.59 bits per heavy atom. The smallest absolute Gasteiger partial charge is 0.320 e. The molecule has 94 valence electrons. The minimum Gasteiger partial charge on any atom is -0.480 e. The lowest BCUT2D eigenvalue weighted by Crippen LogP contribution is -2.30.